The van der Waals surface area contributed by atoms with Gasteiger partial charge in [-0.3, -0.25) is 9.59 Å². The van der Waals surface area contributed by atoms with Crippen LogP contribution in [0.5, 0.6) is 17.2 Å². The molecule has 2 aromatic carbocycles. The maximum Gasteiger partial charge on any atom is 0.295 e. The van der Waals surface area contributed by atoms with Gasteiger partial charge in [0.15, 0.2) is 11.5 Å². The number of carbonyl (C=O) groups is 2. The van der Waals surface area contributed by atoms with Crippen LogP contribution in [0.25, 0.3) is 5.76 Å². The number of unbranched alkanes of at least 4 members (excludes halogenated alkanes) is 1. The first-order valence-electron chi connectivity index (χ1n) is 11.0. The van der Waals surface area contributed by atoms with E-state index < -0.39 is 17.7 Å². The zero-order valence-corrected chi connectivity index (χ0v) is 18.3. The largest absolute Gasteiger partial charge is 0.507 e. The van der Waals surface area contributed by atoms with Crippen LogP contribution in [-0.4, -0.2) is 48.1 Å². The lowest BCUT2D eigenvalue weighted by Crippen LogP contribution is -2.30. The Bertz CT molecular complexity index is 1040. The number of benzene rings is 2. The minimum atomic E-state index is -0.688. The number of likely N-dealkylation sites (tertiary alicyclic amines) is 1. The Labute approximate surface area is 187 Å². The normalized spacial score (nSPS) is 19.3. The molecule has 1 fully saturated rings. The van der Waals surface area contributed by atoms with Gasteiger partial charge in [0.05, 0.1) is 18.2 Å². The fourth-order valence-corrected chi connectivity index (χ4v) is 4.04. The first kappa shape index (κ1) is 21.7. The molecule has 2 heterocycles. The molecule has 32 heavy (non-hydrogen) atoms. The van der Waals surface area contributed by atoms with Crippen LogP contribution in [0.1, 0.15) is 43.9 Å². The van der Waals surface area contributed by atoms with Crippen molar-refractivity contribution in [3.05, 3.63) is 59.2 Å². The highest BCUT2D eigenvalue weighted by atomic mass is 16.6. The van der Waals surface area contributed by atoms with Gasteiger partial charge in [-0.15, -0.1) is 0 Å². The average Bonchev–Trinajstić information content (AvgIpc) is 3.07. The molecule has 7 nitrogen and oxygen atoms in total. The molecule has 2 aliphatic heterocycles. The van der Waals surface area contributed by atoms with Crippen LogP contribution in [-0.2, 0) is 9.59 Å². The second-order valence-electron chi connectivity index (χ2n) is 7.71. The number of aliphatic hydroxyl groups is 1. The maximum absolute atomic E-state index is 13.0. The summed E-state index contributed by atoms with van der Waals surface area (Å²) < 4.78 is 16.7. The van der Waals surface area contributed by atoms with E-state index in [0.29, 0.717) is 49.2 Å². The van der Waals surface area contributed by atoms with E-state index in [9.17, 15) is 14.7 Å². The molecule has 0 radical (unpaired) electrons. The van der Waals surface area contributed by atoms with Crippen LogP contribution in [0.2, 0.25) is 0 Å². The average molecular weight is 437 g/mol. The summed E-state index contributed by atoms with van der Waals surface area (Å²) in [6, 6.07) is 11.6. The number of hydrogen-bond acceptors (Lipinski definition) is 6. The first-order valence-corrected chi connectivity index (χ1v) is 11.0. The number of hydrogen-bond donors (Lipinski definition) is 1. The number of amides is 1. The molecule has 4 rings (SSSR count). The van der Waals surface area contributed by atoms with Gasteiger partial charge in [0.2, 0.25) is 0 Å². The summed E-state index contributed by atoms with van der Waals surface area (Å²) >= 11 is 0. The second-order valence-corrected chi connectivity index (χ2v) is 7.71. The van der Waals surface area contributed by atoms with Crippen LogP contribution in [0.15, 0.2) is 48.0 Å². The van der Waals surface area contributed by atoms with E-state index in [4.69, 9.17) is 14.2 Å². The highest BCUT2D eigenvalue weighted by Gasteiger charge is 2.45. The number of fused-ring (bicyclic) bond motifs is 1. The van der Waals surface area contributed by atoms with Crippen molar-refractivity contribution < 1.29 is 28.9 Å². The van der Waals surface area contributed by atoms with Gasteiger partial charge < -0.3 is 24.2 Å². The summed E-state index contributed by atoms with van der Waals surface area (Å²) in [5.41, 5.74) is 1.22. The Morgan fingerprint density at radius 1 is 1.06 bits per heavy atom. The fourth-order valence-electron chi connectivity index (χ4n) is 4.04. The molecule has 0 spiro atoms. The number of ether oxygens (including phenoxy) is 3. The lowest BCUT2D eigenvalue weighted by molar-refractivity contribution is -0.139. The van der Waals surface area contributed by atoms with Gasteiger partial charge in [0, 0.05) is 12.1 Å². The van der Waals surface area contributed by atoms with Crippen molar-refractivity contribution in [3.8, 4) is 17.2 Å². The van der Waals surface area contributed by atoms with E-state index in [-0.39, 0.29) is 11.3 Å². The van der Waals surface area contributed by atoms with Crippen LogP contribution in [0.3, 0.4) is 0 Å². The highest BCUT2D eigenvalue weighted by Crippen LogP contribution is 2.41. The number of aliphatic hydroxyl groups excluding tert-OH is 1. The van der Waals surface area contributed by atoms with E-state index in [2.05, 4.69) is 0 Å². The molecule has 1 amide bonds. The van der Waals surface area contributed by atoms with Crippen molar-refractivity contribution in [2.75, 3.05) is 26.4 Å². The predicted molar refractivity (Wildman–Crippen MR) is 119 cm³/mol. The Hall–Kier alpha value is -3.48. The molecular formula is C25H27NO6. The van der Waals surface area contributed by atoms with Gasteiger partial charge in [0.25, 0.3) is 11.7 Å². The van der Waals surface area contributed by atoms with Crippen molar-refractivity contribution in [3.63, 3.8) is 0 Å². The maximum atomic E-state index is 13.0. The Morgan fingerprint density at radius 2 is 1.78 bits per heavy atom. The smallest absolute Gasteiger partial charge is 0.295 e. The standard InChI is InChI=1S/C25H27NO6/c1-3-5-12-26-22(16-6-9-18(10-7-16)30-4-2)21(24(28)25(26)29)23(27)17-8-11-19-20(15-17)32-14-13-31-19/h6-11,15,22,27H,3-5,12-14H2,1-2H3/b23-21-. The number of carbonyl (C=O) groups excluding carboxylic acids is 2. The van der Waals surface area contributed by atoms with Crippen molar-refractivity contribution >= 4 is 17.4 Å². The SMILES string of the molecule is CCCCN1C(=O)C(=O)/C(=C(\O)c2ccc3c(c2)OCCO3)C1c1ccc(OCC)cc1. The fraction of sp³-hybridized carbons (Fsp3) is 0.360. The van der Waals surface area contributed by atoms with E-state index in [1.807, 2.05) is 38.1 Å². The monoisotopic (exact) mass is 437 g/mol. The van der Waals surface area contributed by atoms with Crippen LogP contribution >= 0.6 is 0 Å². The Morgan fingerprint density at radius 3 is 2.47 bits per heavy atom. The second kappa shape index (κ2) is 9.34. The third-order valence-corrected chi connectivity index (χ3v) is 5.61. The van der Waals surface area contributed by atoms with Gasteiger partial charge >= 0.3 is 0 Å². The van der Waals surface area contributed by atoms with Gasteiger partial charge in [-0.25, -0.2) is 0 Å². The van der Waals surface area contributed by atoms with Crippen LogP contribution in [0.4, 0.5) is 0 Å². The third kappa shape index (κ3) is 4.02. The zero-order valence-electron chi connectivity index (χ0n) is 18.3. The molecule has 0 saturated carbocycles. The molecule has 1 N–H and O–H groups in total. The quantitative estimate of drug-likeness (QED) is 0.399. The Kier molecular flexibility index (Phi) is 6.35. The molecule has 0 aliphatic carbocycles. The molecule has 1 unspecified atom stereocenters. The molecule has 1 saturated heterocycles. The summed E-state index contributed by atoms with van der Waals surface area (Å²) in [5, 5.41) is 11.2. The summed E-state index contributed by atoms with van der Waals surface area (Å²) in [6.07, 6.45) is 1.63. The molecule has 168 valence electrons. The van der Waals surface area contributed by atoms with Gasteiger partial charge in [-0.2, -0.15) is 0 Å². The molecular weight excluding hydrogens is 410 g/mol. The molecule has 0 aromatic heterocycles. The molecule has 0 bridgehead atoms. The van der Waals surface area contributed by atoms with Crippen molar-refractivity contribution in [1.82, 2.24) is 4.90 Å². The summed E-state index contributed by atoms with van der Waals surface area (Å²) in [5.74, 6) is 0.271. The van der Waals surface area contributed by atoms with Crippen molar-refractivity contribution in [1.29, 1.82) is 0 Å². The summed E-state index contributed by atoms with van der Waals surface area (Å²) in [4.78, 5) is 27.5. The predicted octanol–water partition coefficient (Wildman–Crippen LogP) is 4.08. The molecule has 2 aromatic rings. The molecule has 1 atom stereocenters. The highest BCUT2D eigenvalue weighted by molar-refractivity contribution is 6.46. The van der Waals surface area contributed by atoms with Crippen LogP contribution in [0, 0.1) is 0 Å². The molecule has 7 heteroatoms. The van der Waals surface area contributed by atoms with E-state index in [1.54, 1.807) is 23.1 Å². The third-order valence-electron chi connectivity index (χ3n) is 5.61. The summed E-state index contributed by atoms with van der Waals surface area (Å²) in [7, 11) is 0. The van der Waals surface area contributed by atoms with Gasteiger partial charge in [0.1, 0.15) is 24.7 Å². The van der Waals surface area contributed by atoms with Gasteiger partial charge in [-0.05, 0) is 49.2 Å². The van der Waals surface area contributed by atoms with Crippen LogP contribution < -0.4 is 14.2 Å². The topological polar surface area (TPSA) is 85.3 Å². The number of nitrogens with zero attached hydrogens (tertiary/aromatic N) is 1. The number of ketones is 1. The zero-order chi connectivity index (χ0) is 22.7. The minimum Gasteiger partial charge on any atom is -0.507 e. The first-order chi connectivity index (χ1) is 15.5. The lowest BCUT2D eigenvalue weighted by Gasteiger charge is -2.25. The van der Waals surface area contributed by atoms with E-state index in [1.165, 1.54) is 0 Å². The Balaban J connectivity index is 1.79. The number of rotatable bonds is 7. The lowest BCUT2D eigenvalue weighted by atomic mass is 9.95. The van der Waals surface area contributed by atoms with E-state index >= 15 is 0 Å². The van der Waals surface area contributed by atoms with Crippen molar-refractivity contribution in [2.45, 2.75) is 32.7 Å². The van der Waals surface area contributed by atoms with Crippen molar-refractivity contribution in [2.24, 2.45) is 0 Å². The number of Topliss-reactive ketones (excluding diaryl/α,β-unsaturated/α-hetero) is 1. The molecule has 2 aliphatic rings. The van der Waals surface area contributed by atoms with E-state index in [0.717, 1.165) is 18.4 Å². The summed E-state index contributed by atoms with van der Waals surface area (Å²) in [6.45, 7) is 5.76. The van der Waals surface area contributed by atoms with Gasteiger partial charge in [-0.1, -0.05) is 25.5 Å². The minimum absolute atomic E-state index is 0.0759.